The third kappa shape index (κ3) is 2.42. The minimum absolute atomic E-state index is 0.134. The summed E-state index contributed by atoms with van der Waals surface area (Å²) in [6, 6.07) is 6.74. The first-order valence-electron chi connectivity index (χ1n) is 3.55. The van der Waals surface area contributed by atoms with Gasteiger partial charge in [-0.05, 0) is 12.1 Å². The van der Waals surface area contributed by atoms with Gasteiger partial charge in [-0.1, -0.05) is 12.6 Å². The zero-order chi connectivity index (χ0) is 9.68. The average molecular weight is 173 g/mol. The second-order valence-electron chi connectivity index (χ2n) is 2.26. The maximum Gasteiger partial charge on any atom is 0.266 e. The summed E-state index contributed by atoms with van der Waals surface area (Å²) in [5, 5.41) is 10.8. The van der Waals surface area contributed by atoms with Crippen LogP contribution in [-0.2, 0) is 4.79 Å². The van der Waals surface area contributed by atoms with E-state index < -0.39 is 5.91 Å². The molecule has 0 aliphatic rings. The first-order chi connectivity index (χ1) is 6.24. The molecule has 0 unspecified atom stereocenters. The highest BCUT2D eigenvalue weighted by Gasteiger charge is 2.05. The van der Waals surface area contributed by atoms with Crippen LogP contribution in [0.1, 0.15) is 0 Å². The number of nitrogens with zero attached hydrogens (tertiary/aromatic N) is 2. The van der Waals surface area contributed by atoms with Gasteiger partial charge < -0.3 is 5.32 Å². The van der Waals surface area contributed by atoms with E-state index in [0.717, 1.165) is 0 Å². The Kier molecular flexibility index (Phi) is 2.77. The van der Waals surface area contributed by atoms with Gasteiger partial charge in [0.1, 0.15) is 17.5 Å². The molecular formula is C9H7N3O. The summed E-state index contributed by atoms with van der Waals surface area (Å²) >= 11 is 0. The van der Waals surface area contributed by atoms with Crippen molar-refractivity contribution in [1.29, 1.82) is 5.26 Å². The first kappa shape index (κ1) is 8.94. The molecule has 0 aliphatic heterocycles. The smallest absolute Gasteiger partial charge is 0.266 e. The van der Waals surface area contributed by atoms with E-state index in [4.69, 9.17) is 5.26 Å². The zero-order valence-corrected chi connectivity index (χ0v) is 6.82. The Hall–Kier alpha value is -2.15. The predicted molar refractivity (Wildman–Crippen MR) is 47.6 cm³/mol. The Morgan fingerprint density at radius 3 is 2.92 bits per heavy atom. The largest absolute Gasteiger partial charge is 0.306 e. The Morgan fingerprint density at radius 2 is 2.38 bits per heavy atom. The number of hydrogen-bond donors (Lipinski definition) is 1. The van der Waals surface area contributed by atoms with E-state index in [0.29, 0.717) is 5.82 Å². The van der Waals surface area contributed by atoms with Crippen LogP contribution in [0.5, 0.6) is 0 Å². The van der Waals surface area contributed by atoms with Crippen molar-refractivity contribution in [2.75, 3.05) is 5.32 Å². The molecule has 0 aliphatic carbocycles. The van der Waals surface area contributed by atoms with Crippen LogP contribution in [0.4, 0.5) is 5.82 Å². The number of hydrogen-bond acceptors (Lipinski definition) is 3. The molecule has 1 N–H and O–H groups in total. The number of carbonyl (C=O) groups excluding carboxylic acids is 1. The van der Waals surface area contributed by atoms with Gasteiger partial charge in [-0.2, -0.15) is 5.26 Å². The highest BCUT2D eigenvalue weighted by Crippen LogP contribution is 2.01. The summed E-state index contributed by atoms with van der Waals surface area (Å²) < 4.78 is 0. The molecule has 0 saturated carbocycles. The minimum Gasteiger partial charge on any atom is -0.306 e. The lowest BCUT2D eigenvalue weighted by Crippen LogP contribution is -2.13. The number of anilines is 1. The number of carbonyl (C=O) groups is 1. The molecule has 1 heterocycles. The fraction of sp³-hybridized carbons (Fsp3) is 0. The number of nitrogens with one attached hydrogen (secondary N) is 1. The van der Waals surface area contributed by atoms with Crippen LogP contribution in [0.3, 0.4) is 0 Å². The molecule has 1 aromatic rings. The normalized spacial score (nSPS) is 8.54. The molecule has 1 aromatic heterocycles. The summed E-state index contributed by atoms with van der Waals surface area (Å²) in [5.41, 5.74) is -0.134. The molecule has 0 fully saturated rings. The van der Waals surface area contributed by atoms with Crippen molar-refractivity contribution >= 4 is 11.7 Å². The molecule has 4 nitrogen and oxygen atoms in total. The SMILES string of the molecule is C=C(C#N)C(=O)Nc1ccccn1. The fourth-order valence-corrected chi connectivity index (χ4v) is 0.679. The highest BCUT2D eigenvalue weighted by molar-refractivity contribution is 6.05. The molecule has 13 heavy (non-hydrogen) atoms. The van der Waals surface area contributed by atoms with Gasteiger partial charge in [-0.25, -0.2) is 4.98 Å². The number of pyridine rings is 1. The molecule has 0 spiro atoms. The van der Waals surface area contributed by atoms with E-state index in [1.807, 2.05) is 0 Å². The fourth-order valence-electron chi connectivity index (χ4n) is 0.679. The standard InChI is InChI=1S/C9H7N3O/c1-7(6-10)9(13)12-8-4-2-3-5-11-8/h2-5H,1H2,(H,11,12,13). The van der Waals surface area contributed by atoms with Crippen LogP contribution in [0.25, 0.3) is 0 Å². The minimum atomic E-state index is -0.527. The Balaban J connectivity index is 2.67. The second kappa shape index (κ2) is 4.02. The quantitative estimate of drug-likeness (QED) is 0.538. The van der Waals surface area contributed by atoms with Crippen LogP contribution in [0.15, 0.2) is 36.5 Å². The average Bonchev–Trinajstić information content (AvgIpc) is 2.18. The van der Waals surface area contributed by atoms with Gasteiger partial charge in [0, 0.05) is 6.20 Å². The lowest BCUT2D eigenvalue weighted by molar-refractivity contribution is -0.112. The monoisotopic (exact) mass is 173 g/mol. The van der Waals surface area contributed by atoms with E-state index in [9.17, 15) is 4.79 Å². The summed E-state index contributed by atoms with van der Waals surface area (Å²) in [6.07, 6.45) is 1.55. The van der Waals surface area contributed by atoms with Crippen LogP contribution in [0, 0.1) is 11.3 Å². The summed E-state index contributed by atoms with van der Waals surface area (Å²) in [4.78, 5) is 14.9. The maximum atomic E-state index is 11.1. The van der Waals surface area contributed by atoms with E-state index in [2.05, 4.69) is 16.9 Å². The van der Waals surface area contributed by atoms with Gasteiger partial charge in [0.25, 0.3) is 5.91 Å². The molecule has 0 radical (unpaired) electrons. The van der Waals surface area contributed by atoms with Gasteiger partial charge in [-0.15, -0.1) is 0 Å². The topological polar surface area (TPSA) is 65.8 Å². The van der Waals surface area contributed by atoms with E-state index >= 15 is 0 Å². The summed E-state index contributed by atoms with van der Waals surface area (Å²) in [7, 11) is 0. The highest BCUT2D eigenvalue weighted by atomic mass is 16.1. The van der Waals surface area contributed by atoms with E-state index in [1.54, 1.807) is 30.5 Å². The van der Waals surface area contributed by atoms with Gasteiger partial charge >= 0.3 is 0 Å². The molecule has 0 saturated heterocycles. The lowest BCUT2D eigenvalue weighted by Gasteiger charge is -2.00. The Bertz CT molecular complexity index is 364. The van der Waals surface area contributed by atoms with Crippen LogP contribution < -0.4 is 5.32 Å². The molecule has 64 valence electrons. The predicted octanol–water partition coefficient (Wildman–Crippen LogP) is 1.10. The van der Waals surface area contributed by atoms with Gasteiger partial charge in [0.15, 0.2) is 0 Å². The third-order valence-corrected chi connectivity index (χ3v) is 1.32. The van der Waals surface area contributed by atoms with Crippen molar-refractivity contribution < 1.29 is 4.79 Å². The molecule has 1 rings (SSSR count). The van der Waals surface area contributed by atoms with E-state index in [1.165, 1.54) is 0 Å². The van der Waals surface area contributed by atoms with Crippen molar-refractivity contribution in [2.24, 2.45) is 0 Å². The molecule has 0 atom stereocenters. The molecule has 0 bridgehead atoms. The lowest BCUT2D eigenvalue weighted by atomic mass is 10.3. The Labute approximate surface area is 75.5 Å². The molecule has 0 aromatic carbocycles. The van der Waals surface area contributed by atoms with Crippen molar-refractivity contribution in [3.05, 3.63) is 36.5 Å². The second-order valence-corrected chi connectivity index (χ2v) is 2.26. The van der Waals surface area contributed by atoms with Crippen LogP contribution in [0.2, 0.25) is 0 Å². The van der Waals surface area contributed by atoms with Gasteiger partial charge in [-0.3, -0.25) is 4.79 Å². The first-order valence-corrected chi connectivity index (χ1v) is 3.55. The number of rotatable bonds is 2. The molecular weight excluding hydrogens is 166 g/mol. The summed E-state index contributed by atoms with van der Waals surface area (Å²) in [5.74, 6) is -0.120. The zero-order valence-electron chi connectivity index (χ0n) is 6.82. The third-order valence-electron chi connectivity index (χ3n) is 1.32. The molecule has 4 heteroatoms. The number of nitriles is 1. The van der Waals surface area contributed by atoms with Gasteiger partial charge in [0.05, 0.1) is 0 Å². The van der Waals surface area contributed by atoms with Crippen LogP contribution in [-0.4, -0.2) is 10.9 Å². The van der Waals surface area contributed by atoms with Gasteiger partial charge in [0.2, 0.25) is 0 Å². The number of amides is 1. The van der Waals surface area contributed by atoms with Crippen LogP contribution >= 0.6 is 0 Å². The van der Waals surface area contributed by atoms with Crippen molar-refractivity contribution in [3.8, 4) is 6.07 Å². The number of aromatic nitrogens is 1. The summed E-state index contributed by atoms with van der Waals surface area (Å²) in [6.45, 7) is 3.27. The van der Waals surface area contributed by atoms with Crippen molar-refractivity contribution in [3.63, 3.8) is 0 Å². The maximum absolute atomic E-state index is 11.1. The van der Waals surface area contributed by atoms with E-state index in [-0.39, 0.29) is 5.57 Å². The van der Waals surface area contributed by atoms with Crippen molar-refractivity contribution in [1.82, 2.24) is 4.98 Å². The molecule has 1 amide bonds. The Morgan fingerprint density at radius 1 is 1.62 bits per heavy atom. The van der Waals surface area contributed by atoms with Crippen molar-refractivity contribution in [2.45, 2.75) is 0 Å².